The number of hydrogen-bond donors (Lipinski definition) is 1. The van der Waals surface area contributed by atoms with Crippen molar-refractivity contribution in [2.45, 2.75) is 19.1 Å². The minimum Gasteiger partial charge on any atom is -0.336 e. The number of hydrogen-bond acceptors (Lipinski definition) is 2. The normalized spacial score (nSPS) is 15.6. The van der Waals surface area contributed by atoms with E-state index < -0.39 is 11.7 Å². The summed E-state index contributed by atoms with van der Waals surface area (Å²) in [5.74, 6) is -0.273. The van der Waals surface area contributed by atoms with E-state index in [1.807, 2.05) is 4.90 Å². The Kier molecular flexibility index (Phi) is 5.96. The molecule has 27 heavy (non-hydrogen) atoms. The van der Waals surface area contributed by atoms with E-state index in [9.17, 15) is 17.6 Å². The van der Waals surface area contributed by atoms with Gasteiger partial charge in [0.15, 0.2) is 5.11 Å². The van der Waals surface area contributed by atoms with Crippen LogP contribution in [0.2, 0.25) is 0 Å². The number of thiocarbonyl (C=S) groups is 1. The molecule has 2 aromatic rings. The number of nitrogens with one attached hydrogen (secondary N) is 1. The lowest BCUT2D eigenvalue weighted by molar-refractivity contribution is -0.137. The van der Waals surface area contributed by atoms with Crippen molar-refractivity contribution >= 4 is 23.0 Å². The summed E-state index contributed by atoms with van der Waals surface area (Å²) in [5.41, 5.74) is 0.590. The van der Waals surface area contributed by atoms with Crippen LogP contribution in [0.15, 0.2) is 48.5 Å². The molecule has 0 radical (unpaired) electrons. The Labute approximate surface area is 160 Å². The standard InChI is InChI=1S/C19H19F4N3S/c20-16-7-5-14(6-8-16)12-25-9-2-10-26(13-25)18(27)24-17-4-1-3-15(11-17)19(21,22)23/h1,3-8,11H,2,9-10,12-13H2,(H,24,27). The van der Waals surface area contributed by atoms with Gasteiger partial charge in [0.1, 0.15) is 5.82 Å². The third-order valence-electron chi connectivity index (χ3n) is 4.32. The van der Waals surface area contributed by atoms with Gasteiger partial charge in [0, 0.05) is 25.3 Å². The lowest BCUT2D eigenvalue weighted by atomic mass is 10.2. The summed E-state index contributed by atoms with van der Waals surface area (Å²) in [6.45, 7) is 2.82. The molecule has 1 aliphatic heterocycles. The van der Waals surface area contributed by atoms with Gasteiger partial charge in [-0.1, -0.05) is 18.2 Å². The van der Waals surface area contributed by atoms with E-state index >= 15 is 0 Å². The summed E-state index contributed by atoms with van der Waals surface area (Å²) in [6.07, 6.45) is -3.51. The highest BCUT2D eigenvalue weighted by Gasteiger charge is 2.30. The van der Waals surface area contributed by atoms with Crippen molar-refractivity contribution in [2.75, 3.05) is 25.1 Å². The van der Waals surface area contributed by atoms with Gasteiger partial charge in [-0.05, 0) is 54.5 Å². The van der Waals surface area contributed by atoms with E-state index in [1.54, 1.807) is 18.2 Å². The van der Waals surface area contributed by atoms with Gasteiger partial charge in [0.25, 0.3) is 0 Å². The molecule has 0 bridgehead atoms. The van der Waals surface area contributed by atoms with Crippen LogP contribution in [0.3, 0.4) is 0 Å². The molecule has 0 unspecified atom stereocenters. The van der Waals surface area contributed by atoms with Crippen LogP contribution < -0.4 is 5.32 Å². The average molecular weight is 397 g/mol. The van der Waals surface area contributed by atoms with Gasteiger partial charge in [-0.25, -0.2) is 4.39 Å². The van der Waals surface area contributed by atoms with E-state index in [-0.39, 0.29) is 5.82 Å². The Hall–Kier alpha value is -2.19. The second-order valence-corrected chi connectivity index (χ2v) is 6.83. The number of rotatable bonds is 3. The number of nitrogens with zero attached hydrogens (tertiary/aromatic N) is 2. The van der Waals surface area contributed by atoms with Crippen LogP contribution in [0.5, 0.6) is 0 Å². The maximum atomic E-state index is 13.0. The molecule has 1 saturated heterocycles. The van der Waals surface area contributed by atoms with Crippen LogP contribution in [0.1, 0.15) is 17.5 Å². The maximum absolute atomic E-state index is 13.0. The first-order valence-electron chi connectivity index (χ1n) is 8.51. The summed E-state index contributed by atoms with van der Waals surface area (Å²) in [6, 6.07) is 11.3. The molecule has 0 amide bonds. The second-order valence-electron chi connectivity index (χ2n) is 6.45. The molecule has 0 aromatic heterocycles. The van der Waals surface area contributed by atoms with Gasteiger partial charge in [-0.3, -0.25) is 4.90 Å². The molecular weight excluding hydrogens is 378 g/mol. The van der Waals surface area contributed by atoms with Crippen molar-refractivity contribution in [1.29, 1.82) is 0 Å². The molecule has 0 atom stereocenters. The molecule has 1 heterocycles. The van der Waals surface area contributed by atoms with Gasteiger partial charge in [0.2, 0.25) is 0 Å². The highest BCUT2D eigenvalue weighted by Crippen LogP contribution is 2.30. The van der Waals surface area contributed by atoms with E-state index in [2.05, 4.69) is 10.2 Å². The van der Waals surface area contributed by atoms with Gasteiger partial charge in [-0.2, -0.15) is 13.2 Å². The molecule has 1 fully saturated rings. The fourth-order valence-electron chi connectivity index (χ4n) is 2.99. The molecule has 3 rings (SSSR count). The molecular formula is C19H19F4N3S. The molecule has 1 aliphatic rings. The van der Waals surface area contributed by atoms with Gasteiger partial charge in [0.05, 0.1) is 12.2 Å². The summed E-state index contributed by atoms with van der Waals surface area (Å²) in [4.78, 5) is 4.08. The van der Waals surface area contributed by atoms with Crippen molar-refractivity contribution in [2.24, 2.45) is 0 Å². The van der Waals surface area contributed by atoms with E-state index in [4.69, 9.17) is 12.2 Å². The van der Waals surface area contributed by atoms with Gasteiger partial charge < -0.3 is 10.2 Å². The highest BCUT2D eigenvalue weighted by molar-refractivity contribution is 7.80. The number of benzene rings is 2. The number of halogens is 4. The van der Waals surface area contributed by atoms with Crippen molar-refractivity contribution in [3.8, 4) is 0 Å². The molecule has 2 aromatic carbocycles. The van der Waals surface area contributed by atoms with Crippen LogP contribution >= 0.6 is 12.2 Å². The van der Waals surface area contributed by atoms with E-state index in [0.29, 0.717) is 24.0 Å². The fraction of sp³-hybridized carbons (Fsp3) is 0.316. The smallest absolute Gasteiger partial charge is 0.336 e. The third-order valence-corrected chi connectivity index (χ3v) is 4.68. The average Bonchev–Trinajstić information content (AvgIpc) is 2.63. The topological polar surface area (TPSA) is 18.5 Å². The predicted octanol–water partition coefficient (Wildman–Crippen LogP) is 4.71. The molecule has 0 saturated carbocycles. The highest BCUT2D eigenvalue weighted by atomic mass is 32.1. The van der Waals surface area contributed by atoms with Crippen LogP contribution in [-0.4, -0.2) is 34.7 Å². The summed E-state index contributed by atoms with van der Waals surface area (Å²) in [5, 5.41) is 3.28. The van der Waals surface area contributed by atoms with Crippen molar-refractivity contribution < 1.29 is 17.6 Å². The SMILES string of the molecule is Fc1ccc(CN2CCCN(C(=S)Nc3cccc(C(F)(F)F)c3)C2)cc1. The molecule has 3 nitrogen and oxygen atoms in total. The minimum absolute atomic E-state index is 0.273. The first kappa shape index (κ1) is 19.6. The van der Waals surface area contributed by atoms with Crippen LogP contribution in [-0.2, 0) is 12.7 Å². The predicted molar refractivity (Wildman–Crippen MR) is 101 cm³/mol. The minimum atomic E-state index is -4.39. The second kappa shape index (κ2) is 8.22. The van der Waals surface area contributed by atoms with Gasteiger partial charge in [-0.15, -0.1) is 0 Å². The Bertz CT molecular complexity index is 792. The van der Waals surface area contributed by atoms with Crippen molar-refractivity contribution in [3.05, 3.63) is 65.5 Å². The molecule has 144 valence electrons. The van der Waals surface area contributed by atoms with Crippen LogP contribution in [0, 0.1) is 5.82 Å². The first-order chi connectivity index (χ1) is 12.8. The Morgan fingerprint density at radius 2 is 1.81 bits per heavy atom. The Morgan fingerprint density at radius 1 is 1.07 bits per heavy atom. The molecule has 0 spiro atoms. The lowest BCUT2D eigenvalue weighted by Gasteiger charge is -2.37. The fourth-order valence-corrected chi connectivity index (χ4v) is 3.25. The Balaban J connectivity index is 1.60. The summed E-state index contributed by atoms with van der Waals surface area (Å²) >= 11 is 5.38. The molecule has 0 aliphatic carbocycles. The van der Waals surface area contributed by atoms with E-state index in [0.717, 1.165) is 37.2 Å². The largest absolute Gasteiger partial charge is 0.416 e. The maximum Gasteiger partial charge on any atom is 0.416 e. The monoisotopic (exact) mass is 397 g/mol. The number of anilines is 1. The zero-order valence-corrected chi connectivity index (χ0v) is 15.3. The molecule has 8 heteroatoms. The quantitative estimate of drug-likeness (QED) is 0.597. The van der Waals surface area contributed by atoms with Crippen molar-refractivity contribution in [1.82, 2.24) is 9.80 Å². The summed E-state index contributed by atoms with van der Waals surface area (Å²) in [7, 11) is 0. The number of alkyl halides is 3. The summed E-state index contributed by atoms with van der Waals surface area (Å²) < 4.78 is 51.6. The first-order valence-corrected chi connectivity index (χ1v) is 8.92. The van der Waals surface area contributed by atoms with Crippen LogP contribution in [0.4, 0.5) is 23.2 Å². The zero-order valence-electron chi connectivity index (χ0n) is 14.5. The van der Waals surface area contributed by atoms with Gasteiger partial charge >= 0.3 is 6.18 Å². The Morgan fingerprint density at radius 3 is 2.52 bits per heavy atom. The lowest BCUT2D eigenvalue weighted by Crippen LogP contribution is -2.48. The molecule has 1 N–H and O–H groups in total. The van der Waals surface area contributed by atoms with Crippen LogP contribution in [0.25, 0.3) is 0 Å². The van der Waals surface area contributed by atoms with Crippen molar-refractivity contribution in [3.63, 3.8) is 0 Å². The zero-order chi connectivity index (χ0) is 19.4. The van der Waals surface area contributed by atoms with E-state index in [1.165, 1.54) is 18.2 Å². The third kappa shape index (κ3) is 5.40.